The summed E-state index contributed by atoms with van der Waals surface area (Å²) >= 11 is 1.72. The molecule has 1 atom stereocenters. The van der Waals surface area contributed by atoms with Crippen molar-refractivity contribution in [1.82, 2.24) is 0 Å². The van der Waals surface area contributed by atoms with E-state index in [0.29, 0.717) is 6.04 Å². The van der Waals surface area contributed by atoms with Crippen LogP contribution in [0.15, 0.2) is 23.1 Å². The molecule has 1 unspecified atom stereocenters. The molecule has 2 rings (SSSR count). The smallest absolute Gasteiger partial charge is 0.103 e. The van der Waals surface area contributed by atoms with Crippen LogP contribution in [-0.4, -0.2) is 30.1 Å². The maximum atomic E-state index is 9.53. The Hall–Kier alpha value is -1.18. The van der Waals surface area contributed by atoms with Crippen LogP contribution in [0.5, 0.6) is 0 Å². The van der Waals surface area contributed by atoms with Crippen LogP contribution in [-0.2, 0) is 0 Å². The lowest BCUT2D eigenvalue weighted by Crippen LogP contribution is -2.40. The molecule has 1 fully saturated rings. The number of hydrogen-bond donors (Lipinski definition) is 1. The van der Waals surface area contributed by atoms with E-state index >= 15 is 0 Å². The molecule has 1 heterocycles. The normalized spacial score (nSPS) is 18.9. The predicted octanol–water partition coefficient (Wildman–Crippen LogP) is 3.41. The van der Waals surface area contributed by atoms with Gasteiger partial charge >= 0.3 is 0 Å². The van der Waals surface area contributed by atoms with E-state index < -0.39 is 0 Å². The summed E-state index contributed by atoms with van der Waals surface area (Å²) in [6.07, 6.45) is 4.27. The molecule has 0 aromatic heterocycles. The number of anilines is 1. The number of nitrogens with zero attached hydrogens (tertiary/aromatic N) is 2. The van der Waals surface area contributed by atoms with Crippen molar-refractivity contribution in [3.05, 3.63) is 23.8 Å². The number of aliphatic hydroxyl groups excluding tert-OH is 1. The number of piperidine rings is 1. The van der Waals surface area contributed by atoms with Crippen LogP contribution in [0.2, 0.25) is 0 Å². The van der Waals surface area contributed by atoms with Crippen LogP contribution in [0.3, 0.4) is 0 Å². The van der Waals surface area contributed by atoms with E-state index in [0.717, 1.165) is 47.7 Å². The number of rotatable bonds is 5. The van der Waals surface area contributed by atoms with E-state index in [1.165, 1.54) is 6.42 Å². The lowest BCUT2D eigenvalue weighted by molar-refractivity contribution is 0.262. The van der Waals surface area contributed by atoms with Gasteiger partial charge in [0, 0.05) is 24.1 Å². The van der Waals surface area contributed by atoms with Crippen molar-refractivity contribution < 1.29 is 5.11 Å². The van der Waals surface area contributed by atoms with Gasteiger partial charge < -0.3 is 10.0 Å². The zero-order valence-corrected chi connectivity index (χ0v) is 12.8. The Morgan fingerprint density at radius 2 is 2.30 bits per heavy atom. The fourth-order valence-electron chi connectivity index (χ4n) is 2.91. The Labute approximate surface area is 125 Å². The van der Waals surface area contributed by atoms with Gasteiger partial charge in [-0.2, -0.15) is 5.26 Å². The number of benzene rings is 1. The zero-order valence-electron chi connectivity index (χ0n) is 12.0. The number of aliphatic hydroxyl groups is 1. The second-order valence-corrected chi connectivity index (χ2v) is 6.36. The lowest BCUT2D eigenvalue weighted by Gasteiger charge is -2.38. The van der Waals surface area contributed by atoms with Gasteiger partial charge in [0.1, 0.15) is 6.07 Å². The fraction of sp³-hybridized carbons (Fsp3) is 0.562. The SMILES string of the molecule is CCSc1cccc(N2CCCCC2CCO)c1C#N. The molecule has 1 N–H and O–H groups in total. The number of thioether (sulfide) groups is 1. The highest BCUT2D eigenvalue weighted by Gasteiger charge is 2.24. The molecule has 108 valence electrons. The van der Waals surface area contributed by atoms with Crippen LogP contribution in [0.4, 0.5) is 5.69 Å². The molecule has 1 saturated heterocycles. The Balaban J connectivity index is 2.34. The standard InChI is InChI=1S/C16H22N2OS/c1-2-20-16-8-5-7-15(14(16)12-17)18-10-4-3-6-13(18)9-11-19/h5,7-8,13,19H,2-4,6,9-11H2,1H3. The molecule has 0 saturated carbocycles. The molecule has 20 heavy (non-hydrogen) atoms. The largest absolute Gasteiger partial charge is 0.396 e. The van der Waals surface area contributed by atoms with Gasteiger partial charge in [0.2, 0.25) is 0 Å². The average molecular weight is 290 g/mol. The highest BCUT2D eigenvalue weighted by atomic mass is 32.2. The summed E-state index contributed by atoms with van der Waals surface area (Å²) in [6.45, 7) is 3.31. The second-order valence-electron chi connectivity index (χ2n) is 5.05. The molecule has 1 aliphatic rings. The second kappa shape index (κ2) is 7.56. The van der Waals surface area contributed by atoms with Gasteiger partial charge in [0.25, 0.3) is 0 Å². The Bertz CT molecular complexity index is 482. The lowest BCUT2D eigenvalue weighted by atomic mass is 9.97. The van der Waals surface area contributed by atoms with E-state index in [1.807, 2.05) is 18.2 Å². The maximum Gasteiger partial charge on any atom is 0.103 e. The average Bonchev–Trinajstić information content (AvgIpc) is 2.48. The van der Waals surface area contributed by atoms with Crippen molar-refractivity contribution in [2.45, 2.75) is 43.5 Å². The van der Waals surface area contributed by atoms with E-state index in [4.69, 9.17) is 0 Å². The molecule has 1 aromatic rings. The van der Waals surface area contributed by atoms with Crippen molar-refractivity contribution in [3.63, 3.8) is 0 Å². The predicted molar refractivity (Wildman–Crippen MR) is 84.2 cm³/mol. The van der Waals surface area contributed by atoms with Crippen molar-refractivity contribution >= 4 is 17.4 Å². The Morgan fingerprint density at radius 1 is 1.45 bits per heavy atom. The van der Waals surface area contributed by atoms with Crippen molar-refractivity contribution in [1.29, 1.82) is 5.26 Å². The van der Waals surface area contributed by atoms with E-state index in [1.54, 1.807) is 11.8 Å². The first-order chi connectivity index (χ1) is 9.81. The van der Waals surface area contributed by atoms with Crippen molar-refractivity contribution in [3.8, 4) is 6.07 Å². The zero-order chi connectivity index (χ0) is 14.4. The van der Waals surface area contributed by atoms with Gasteiger partial charge in [-0.3, -0.25) is 0 Å². The molecule has 0 amide bonds. The van der Waals surface area contributed by atoms with Gasteiger partial charge in [0.15, 0.2) is 0 Å². The summed E-state index contributed by atoms with van der Waals surface area (Å²) in [6, 6.07) is 8.87. The van der Waals surface area contributed by atoms with Crippen molar-refractivity contribution in [2.75, 3.05) is 23.8 Å². The topological polar surface area (TPSA) is 47.3 Å². The van der Waals surface area contributed by atoms with Crippen LogP contribution >= 0.6 is 11.8 Å². The minimum absolute atomic E-state index is 0.215. The fourth-order valence-corrected chi connectivity index (χ4v) is 3.69. The summed E-state index contributed by atoms with van der Waals surface area (Å²) in [5, 5.41) is 18.8. The van der Waals surface area contributed by atoms with Crippen LogP contribution < -0.4 is 4.90 Å². The minimum Gasteiger partial charge on any atom is -0.396 e. The van der Waals surface area contributed by atoms with Crippen LogP contribution in [0.25, 0.3) is 0 Å². The van der Waals surface area contributed by atoms with Gasteiger partial charge in [0.05, 0.1) is 11.3 Å². The maximum absolute atomic E-state index is 9.53. The van der Waals surface area contributed by atoms with Crippen molar-refractivity contribution in [2.24, 2.45) is 0 Å². The molecule has 0 radical (unpaired) electrons. The third-order valence-corrected chi connectivity index (χ3v) is 4.75. The van der Waals surface area contributed by atoms with Crippen LogP contribution in [0.1, 0.15) is 38.2 Å². The Kier molecular flexibility index (Phi) is 5.75. The quantitative estimate of drug-likeness (QED) is 0.844. The highest BCUT2D eigenvalue weighted by molar-refractivity contribution is 7.99. The van der Waals surface area contributed by atoms with Gasteiger partial charge in [-0.05, 0) is 43.6 Å². The van der Waals surface area contributed by atoms with Crippen LogP contribution in [0, 0.1) is 11.3 Å². The molecule has 1 aromatic carbocycles. The monoisotopic (exact) mass is 290 g/mol. The first-order valence-electron chi connectivity index (χ1n) is 7.35. The van der Waals surface area contributed by atoms with Gasteiger partial charge in [-0.25, -0.2) is 0 Å². The van der Waals surface area contributed by atoms with Gasteiger partial charge in [-0.1, -0.05) is 13.0 Å². The third kappa shape index (κ3) is 3.28. The molecule has 1 aliphatic heterocycles. The summed E-state index contributed by atoms with van der Waals surface area (Å²) < 4.78 is 0. The summed E-state index contributed by atoms with van der Waals surface area (Å²) in [5.74, 6) is 0.970. The molecular weight excluding hydrogens is 268 g/mol. The highest BCUT2D eigenvalue weighted by Crippen LogP contribution is 2.34. The van der Waals surface area contributed by atoms with Gasteiger partial charge in [-0.15, -0.1) is 11.8 Å². The summed E-state index contributed by atoms with van der Waals surface area (Å²) in [4.78, 5) is 3.40. The molecular formula is C16H22N2OS. The number of nitriles is 1. The summed E-state index contributed by atoms with van der Waals surface area (Å²) in [5.41, 5.74) is 1.84. The van der Waals surface area contributed by atoms with E-state index in [-0.39, 0.29) is 6.61 Å². The first kappa shape index (κ1) is 15.2. The molecule has 0 aliphatic carbocycles. The third-order valence-electron chi connectivity index (χ3n) is 3.81. The Morgan fingerprint density at radius 3 is 3.00 bits per heavy atom. The minimum atomic E-state index is 0.215. The molecule has 0 spiro atoms. The summed E-state index contributed by atoms with van der Waals surface area (Å²) in [7, 11) is 0. The van der Waals surface area contributed by atoms with E-state index in [2.05, 4.69) is 17.9 Å². The molecule has 4 heteroatoms. The molecule has 0 bridgehead atoms. The molecule has 3 nitrogen and oxygen atoms in total. The van der Waals surface area contributed by atoms with E-state index in [9.17, 15) is 10.4 Å². The number of hydrogen-bond acceptors (Lipinski definition) is 4. The first-order valence-corrected chi connectivity index (χ1v) is 8.33.